The summed E-state index contributed by atoms with van der Waals surface area (Å²) in [5.41, 5.74) is 0. The van der Waals surface area contributed by atoms with Crippen molar-refractivity contribution in [1.82, 2.24) is 5.32 Å². The van der Waals surface area contributed by atoms with Gasteiger partial charge in [-0.25, -0.2) is 8.42 Å². The predicted octanol–water partition coefficient (Wildman–Crippen LogP) is 1.44. The molecule has 1 N–H and O–H groups in total. The average Bonchev–Trinajstić information content (AvgIpc) is 2.14. The zero-order valence-electron chi connectivity index (χ0n) is 9.87. The van der Waals surface area contributed by atoms with Crippen molar-refractivity contribution in [2.24, 2.45) is 5.92 Å². The van der Waals surface area contributed by atoms with Crippen LogP contribution in [0.2, 0.25) is 0 Å². The second kappa shape index (κ2) is 5.71. The number of hydrogen-bond donors (Lipinski definition) is 1. The van der Waals surface area contributed by atoms with E-state index in [1.165, 1.54) is 0 Å². The molecule has 14 heavy (non-hydrogen) atoms. The standard InChI is InChI=1S/C10H23NO2S/c1-6-8(2)7-14(12,13)10(4)9(3)11-5/h8-11H,6-7H2,1-5H3. The van der Waals surface area contributed by atoms with E-state index in [1.807, 2.05) is 20.8 Å². The zero-order chi connectivity index (χ0) is 11.4. The van der Waals surface area contributed by atoms with Crippen molar-refractivity contribution < 1.29 is 8.42 Å². The molecule has 0 aliphatic rings. The molecule has 86 valence electrons. The largest absolute Gasteiger partial charge is 0.316 e. The molecular weight excluding hydrogens is 198 g/mol. The quantitative estimate of drug-likeness (QED) is 0.738. The molecule has 0 spiro atoms. The molecule has 0 aliphatic heterocycles. The highest BCUT2D eigenvalue weighted by Gasteiger charge is 2.26. The van der Waals surface area contributed by atoms with Crippen molar-refractivity contribution in [2.45, 2.75) is 45.4 Å². The normalized spacial score (nSPS) is 18.9. The SMILES string of the molecule is CCC(C)CS(=O)(=O)C(C)C(C)NC. The number of sulfone groups is 1. The van der Waals surface area contributed by atoms with E-state index in [9.17, 15) is 8.42 Å². The molecule has 0 aromatic carbocycles. The second-order valence-corrected chi connectivity index (χ2v) is 6.53. The van der Waals surface area contributed by atoms with Crippen LogP contribution in [0, 0.1) is 5.92 Å². The summed E-state index contributed by atoms with van der Waals surface area (Å²) in [6.45, 7) is 7.68. The first-order valence-corrected chi connectivity index (χ1v) is 6.95. The van der Waals surface area contributed by atoms with Crippen molar-refractivity contribution in [2.75, 3.05) is 12.8 Å². The minimum Gasteiger partial charge on any atom is -0.316 e. The van der Waals surface area contributed by atoms with Gasteiger partial charge >= 0.3 is 0 Å². The Bertz CT molecular complexity index is 249. The van der Waals surface area contributed by atoms with Gasteiger partial charge in [-0.3, -0.25) is 0 Å². The molecule has 0 radical (unpaired) electrons. The number of hydrogen-bond acceptors (Lipinski definition) is 3. The van der Waals surface area contributed by atoms with Crippen LogP contribution < -0.4 is 5.32 Å². The van der Waals surface area contributed by atoms with Crippen molar-refractivity contribution in [3.63, 3.8) is 0 Å². The van der Waals surface area contributed by atoms with Gasteiger partial charge in [0.05, 0.1) is 11.0 Å². The fourth-order valence-corrected chi connectivity index (χ4v) is 3.30. The Morgan fingerprint density at radius 2 is 1.71 bits per heavy atom. The summed E-state index contributed by atoms with van der Waals surface area (Å²) >= 11 is 0. The molecule has 4 heteroatoms. The van der Waals surface area contributed by atoms with E-state index >= 15 is 0 Å². The Kier molecular flexibility index (Phi) is 5.67. The van der Waals surface area contributed by atoms with Gasteiger partial charge in [-0.1, -0.05) is 20.3 Å². The lowest BCUT2D eigenvalue weighted by atomic mass is 10.2. The van der Waals surface area contributed by atoms with E-state index in [-0.39, 0.29) is 17.2 Å². The minimum atomic E-state index is -2.95. The van der Waals surface area contributed by atoms with Crippen molar-refractivity contribution in [3.05, 3.63) is 0 Å². The van der Waals surface area contributed by atoms with Crippen LogP contribution in [0.25, 0.3) is 0 Å². The van der Waals surface area contributed by atoms with Crippen LogP contribution in [0.5, 0.6) is 0 Å². The Morgan fingerprint density at radius 1 is 1.21 bits per heavy atom. The average molecular weight is 221 g/mol. The third kappa shape index (κ3) is 3.96. The lowest BCUT2D eigenvalue weighted by molar-refractivity contribution is 0.523. The Balaban J connectivity index is 4.46. The molecular formula is C10H23NO2S. The maximum Gasteiger partial charge on any atom is 0.154 e. The van der Waals surface area contributed by atoms with Gasteiger partial charge in [0.2, 0.25) is 0 Å². The smallest absolute Gasteiger partial charge is 0.154 e. The van der Waals surface area contributed by atoms with Gasteiger partial charge in [0.15, 0.2) is 9.84 Å². The van der Waals surface area contributed by atoms with E-state index in [4.69, 9.17) is 0 Å². The van der Waals surface area contributed by atoms with Crippen LogP contribution in [-0.4, -0.2) is 32.5 Å². The van der Waals surface area contributed by atoms with Crippen LogP contribution in [0.4, 0.5) is 0 Å². The molecule has 3 nitrogen and oxygen atoms in total. The highest BCUT2D eigenvalue weighted by Crippen LogP contribution is 2.13. The van der Waals surface area contributed by atoms with Crippen LogP contribution in [0.15, 0.2) is 0 Å². The molecule has 3 unspecified atom stereocenters. The Morgan fingerprint density at radius 3 is 2.07 bits per heavy atom. The molecule has 0 rings (SSSR count). The van der Waals surface area contributed by atoms with Crippen LogP contribution >= 0.6 is 0 Å². The van der Waals surface area contributed by atoms with E-state index in [1.54, 1.807) is 14.0 Å². The van der Waals surface area contributed by atoms with Gasteiger partial charge in [0.25, 0.3) is 0 Å². The summed E-state index contributed by atoms with van der Waals surface area (Å²) in [6, 6.07) is 0.0176. The third-order valence-corrected chi connectivity index (χ3v) is 5.51. The van der Waals surface area contributed by atoms with Crippen molar-refractivity contribution in [1.29, 1.82) is 0 Å². The molecule has 0 amide bonds. The van der Waals surface area contributed by atoms with Gasteiger partial charge < -0.3 is 5.32 Å². The predicted molar refractivity (Wildman–Crippen MR) is 61.2 cm³/mol. The summed E-state index contributed by atoms with van der Waals surface area (Å²) in [5, 5.41) is 2.68. The lowest BCUT2D eigenvalue weighted by Gasteiger charge is -2.21. The first kappa shape index (κ1) is 13.9. The van der Waals surface area contributed by atoms with Gasteiger partial charge in [-0.05, 0) is 26.8 Å². The molecule has 0 saturated heterocycles. The molecule has 0 saturated carbocycles. The van der Waals surface area contributed by atoms with Crippen LogP contribution in [-0.2, 0) is 9.84 Å². The molecule has 0 aromatic heterocycles. The molecule has 0 fully saturated rings. The molecule has 3 atom stereocenters. The first-order valence-electron chi connectivity index (χ1n) is 5.24. The fraction of sp³-hybridized carbons (Fsp3) is 1.00. The van der Waals surface area contributed by atoms with E-state index in [0.29, 0.717) is 5.75 Å². The maximum atomic E-state index is 11.9. The van der Waals surface area contributed by atoms with E-state index < -0.39 is 9.84 Å². The summed E-state index contributed by atoms with van der Waals surface area (Å²) < 4.78 is 23.7. The zero-order valence-corrected chi connectivity index (χ0v) is 10.7. The summed E-state index contributed by atoms with van der Waals surface area (Å²) in [5.74, 6) is 0.558. The Hall–Kier alpha value is -0.0900. The first-order chi connectivity index (χ1) is 6.35. The summed E-state index contributed by atoms with van der Waals surface area (Å²) in [7, 11) is -1.15. The van der Waals surface area contributed by atoms with E-state index in [2.05, 4.69) is 5.32 Å². The monoisotopic (exact) mass is 221 g/mol. The van der Waals surface area contributed by atoms with Crippen molar-refractivity contribution >= 4 is 9.84 Å². The molecule has 0 aliphatic carbocycles. The summed E-state index contributed by atoms with van der Waals surface area (Å²) in [4.78, 5) is 0. The molecule has 0 aromatic rings. The van der Waals surface area contributed by atoms with Gasteiger partial charge in [-0.15, -0.1) is 0 Å². The topological polar surface area (TPSA) is 46.2 Å². The fourth-order valence-electron chi connectivity index (χ4n) is 1.21. The minimum absolute atomic E-state index is 0.0176. The maximum absolute atomic E-state index is 11.9. The summed E-state index contributed by atoms with van der Waals surface area (Å²) in [6.07, 6.45) is 0.917. The second-order valence-electron chi connectivity index (χ2n) is 4.13. The van der Waals surface area contributed by atoms with Gasteiger partial charge in [0, 0.05) is 6.04 Å². The highest BCUT2D eigenvalue weighted by molar-refractivity contribution is 7.92. The van der Waals surface area contributed by atoms with Crippen LogP contribution in [0.3, 0.4) is 0 Å². The molecule has 0 heterocycles. The number of rotatable bonds is 6. The van der Waals surface area contributed by atoms with Crippen molar-refractivity contribution in [3.8, 4) is 0 Å². The van der Waals surface area contributed by atoms with Gasteiger partial charge in [0.1, 0.15) is 0 Å². The Labute approximate surface area is 88.2 Å². The number of nitrogens with one attached hydrogen (secondary N) is 1. The van der Waals surface area contributed by atoms with Gasteiger partial charge in [-0.2, -0.15) is 0 Å². The molecule has 0 bridgehead atoms. The van der Waals surface area contributed by atoms with Crippen LogP contribution in [0.1, 0.15) is 34.1 Å². The van der Waals surface area contributed by atoms with E-state index in [0.717, 1.165) is 6.42 Å². The lowest BCUT2D eigenvalue weighted by Crippen LogP contribution is -2.40. The third-order valence-electron chi connectivity index (χ3n) is 2.94. The highest BCUT2D eigenvalue weighted by atomic mass is 32.2.